The normalized spacial score (nSPS) is 20.7. The van der Waals surface area contributed by atoms with Crippen LogP contribution in [0.1, 0.15) is 44.9 Å². The number of aromatic nitrogens is 4. The standard InChI is InChI=1S/C28H39N9O2/c1-39-23-16-21(36-12-14-37(15-13-36)27(38)19-6-5-11-29-17-19)9-10-22(23)33-28-34-25-24(30-18-31-25)26(35-28)32-20-7-3-2-4-8-20/h9-10,16,18-20,29H,2-8,11-15,17H2,1H3,(H3,30,31,32,33,34,35). The van der Waals surface area contributed by atoms with E-state index in [4.69, 9.17) is 9.72 Å². The van der Waals surface area contributed by atoms with Crippen molar-refractivity contribution in [1.82, 2.24) is 30.2 Å². The smallest absolute Gasteiger partial charge is 0.231 e. The number of carbonyl (C=O) groups is 1. The second kappa shape index (κ2) is 11.6. The number of methoxy groups -OCH3 is 1. The Kier molecular flexibility index (Phi) is 7.67. The highest BCUT2D eigenvalue weighted by Crippen LogP contribution is 2.33. The van der Waals surface area contributed by atoms with Gasteiger partial charge in [0.05, 0.1) is 25.0 Å². The van der Waals surface area contributed by atoms with Crippen LogP contribution in [-0.4, -0.2) is 83.2 Å². The minimum atomic E-state index is 0.123. The summed E-state index contributed by atoms with van der Waals surface area (Å²) in [6.07, 6.45) is 9.80. The summed E-state index contributed by atoms with van der Waals surface area (Å²) < 4.78 is 5.76. The van der Waals surface area contributed by atoms with Crippen molar-refractivity contribution in [2.45, 2.75) is 51.0 Å². The van der Waals surface area contributed by atoms with Gasteiger partial charge in [-0.15, -0.1) is 0 Å². The van der Waals surface area contributed by atoms with E-state index in [1.54, 1.807) is 13.4 Å². The van der Waals surface area contributed by atoms with Gasteiger partial charge < -0.3 is 35.5 Å². The number of fused-ring (bicyclic) bond motifs is 1. The fourth-order valence-electron chi connectivity index (χ4n) is 6.04. The Labute approximate surface area is 229 Å². The number of ether oxygens (including phenoxy) is 1. The largest absolute Gasteiger partial charge is 0.494 e. The molecule has 4 heterocycles. The Bertz CT molecular complexity index is 1280. The quantitative estimate of drug-likeness (QED) is 0.361. The number of hydrogen-bond donors (Lipinski definition) is 4. The molecule has 2 saturated heterocycles. The van der Waals surface area contributed by atoms with Gasteiger partial charge in [-0.25, -0.2) is 4.98 Å². The number of nitrogens with one attached hydrogen (secondary N) is 4. The fraction of sp³-hybridized carbons (Fsp3) is 0.571. The lowest BCUT2D eigenvalue weighted by Gasteiger charge is -2.38. The van der Waals surface area contributed by atoms with E-state index in [0.717, 1.165) is 93.4 Å². The van der Waals surface area contributed by atoms with Gasteiger partial charge in [0.1, 0.15) is 11.3 Å². The molecule has 3 aliphatic rings. The van der Waals surface area contributed by atoms with Crippen LogP contribution in [0.25, 0.3) is 11.2 Å². The van der Waals surface area contributed by atoms with Crippen molar-refractivity contribution >= 4 is 40.2 Å². The highest BCUT2D eigenvalue weighted by atomic mass is 16.5. The lowest BCUT2D eigenvalue weighted by atomic mass is 9.95. The molecule has 3 fully saturated rings. The lowest BCUT2D eigenvalue weighted by molar-refractivity contribution is -0.136. The van der Waals surface area contributed by atoms with Gasteiger partial charge in [0, 0.05) is 50.5 Å². The first-order chi connectivity index (χ1) is 19.2. The zero-order chi connectivity index (χ0) is 26.6. The molecule has 11 nitrogen and oxygen atoms in total. The third-order valence-corrected chi connectivity index (χ3v) is 8.26. The molecule has 11 heteroatoms. The van der Waals surface area contributed by atoms with E-state index in [9.17, 15) is 4.79 Å². The van der Waals surface area contributed by atoms with E-state index in [1.807, 2.05) is 17.0 Å². The first kappa shape index (κ1) is 25.7. The molecule has 1 aliphatic carbocycles. The SMILES string of the molecule is COc1cc(N2CCN(C(=O)C3CCCNC3)CC2)ccc1Nc1nc(NC2CCCCC2)c2nc[nH]c2n1. The Morgan fingerprint density at radius 1 is 1.05 bits per heavy atom. The first-order valence-corrected chi connectivity index (χ1v) is 14.3. The zero-order valence-electron chi connectivity index (χ0n) is 22.7. The number of nitrogens with zero attached hydrogens (tertiary/aromatic N) is 5. The second-order valence-electron chi connectivity index (χ2n) is 10.8. The molecule has 1 amide bonds. The summed E-state index contributed by atoms with van der Waals surface area (Å²) in [5, 5.41) is 10.3. The Morgan fingerprint density at radius 2 is 1.90 bits per heavy atom. The van der Waals surface area contributed by atoms with Gasteiger partial charge in [-0.3, -0.25) is 4.79 Å². The molecule has 1 atom stereocenters. The average Bonchev–Trinajstić information content (AvgIpc) is 3.47. The summed E-state index contributed by atoms with van der Waals surface area (Å²) in [6, 6.07) is 6.54. The first-order valence-electron chi connectivity index (χ1n) is 14.3. The maximum absolute atomic E-state index is 12.9. The number of anilines is 4. The molecule has 208 valence electrons. The summed E-state index contributed by atoms with van der Waals surface area (Å²) in [5.74, 6) is 2.38. The van der Waals surface area contributed by atoms with E-state index < -0.39 is 0 Å². The molecule has 1 unspecified atom stereocenters. The van der Waals surface area contributed by atoms with Crippen LogP contribution in [0.4, 0.5) is 23.1 Å². The number of carbonyl (C=O) groups excluding carboxylic acids is 1. The topological polar surface area (TPSA) is 123 Å². The maximum atomic E-state index is 12.9. The summed E-state index contributed by atoms with van der Waals surface area (Å²) in [7, 11) is 1.67. The molecule has 0 spiro atoms. The van der Waals surface area contributed by atoms with Crippen LogP contribution < -0.4 is 25.6 Å². The lowest BCUT2D eigenvalue weighted by Crippen LogP contribution is -2.52. The predicted octanol–water partition coefficient (Wildman–Crippen LogP) is 3.50. The van der Waals surface area contributed by atoms with Crippen molar-refractivity contribution in [2.24, 2.45) is 5.92 Å². The van der Waals surface area contributed by atoms with Gasteiger partial charge in [0.2, 0.25) is 11.9 Å². The summed E-state index contributed by atoms with van der Waals surface area (Å²) >= 11 is 0. The number of H-pyrrole nitrogens is 1. The molecule has 0 radical (unpaired) electrons. The van der Waals surface area contributed by atoms with Gasteiger partial charge >= 0.3 is 0 Å². The van der Waals surface area contributed by atoms with Crippen LogP contribution in [0.15, 0.2) is 24.5 Å². The number of piperidine rings is 1. The second-order valence-corrected chi connectivity index (χ2v) is 10.8. The molecule has 4 N–H and O–H groups in total. The molecule has 0 bridgehead atoms. The van der Waals surface area contributed by atoms with Crippen LogP contribution >= 0.6 is 0 Å². The highest BCUT2D eigenvalue weighted by Gasteiger charge is 2.29. The molecule has 2 aliphatic heterocycles. The molecule has 39 heavy (non-hydrogen) atoms. The van der Waals surface area contributed by atoms with Crippen molar-refractivity contribution in [3.05, 3.63) is 24.5 Å². The minimum absolute atomic E-state index is 0.123. The maximum Gasteiger partial charge on any atom is 0.231 e. The fourth-order valence-corrected chi connectivity index (χ4v) is 6.04. The Hall–Kier alpha value is -3.60. The van der Waals surface area contributed by atoms with Crippen LogP contribution in [0.2, 0.25) is 0 Å². The van der Waals surface area contributed by atoms with Gasteiger partial charge in [-0.1, -0.05) is 19.3 Å². The van der Waals surface area contributed by atoms with Crippen LogP contribution in [0.5, 0.6) is 5.75 Å². The number of imidazole rings is 1. The van der Waals surface area contributed by atoms with Gasteiger partial charge in [0.15, 0.2) is 11.5 Å². The number of benzene rings is 1. The number of piperazine rings is 1. The molecular formula is C28H39N9O2. The van der Waals surface area contributed by atoms with E-state index in [1.165, 1.54) is 19.3 Å². The molecular weight excluding hydrogens is 494 g/mol. The van der Waals surface area contributed by atoms with Crippen molar-refractivity contribution in [3.8, 4) is 5.75 Å². The van der Waals surface area contributed by atoms with Crippen molar-refractivity contribution in [3.63, 3.8) is 0 Å². The van der Waals surface area contributed by atoms with Crippen LogP contribution in [-0.2, 0) is 4.79 Å². The molecule has 6 rings (SSSR count). The van der Waals surface area contributed by atoms with Crippen LogP contribution in [0.3, 0.4) is 0 Å². The number of amides is 1. The van der Waals surface area contributed by atoms with Crippen molar-refractivity contribution in [1.29, 1.82) is 0 Å². The third-order valence-electron chi connectivity index (χ3n) is 8.26. The minimum Gasteiger partial charge on any atom is -0.494 e. The van der Waals surface area contributed by atoms with Crippen molar-refractivity contribution < 1.29 is 9.53 Å². The highest BCUT2D eigenvalue weighted by molar-refractivity contribution is 5.84. The van der Waals surface area contributed by atoms with Gasteiger partial charge in [0.25, 0.3) is 0 Å². The number of aromatic amines is 1. The third kappa shape index (κ3) is 5.73. The zero-order valence-corrected chi connectivity index (χ0v) is 22.7. The van der Waals surface area contributed by atoms with E-state index in [0.29, 0.717) is 23.5 Å². The molecule has 3 aromatic rings. The molecule has 1 aromatic carbocycles. The monoisotopic (exact) mass is 533 g/mol. The van der Waals surface area contributed by atoms with Crippen LogP contribution in [0, 0.1) is 5.92 Å². The Balaban J connectivity index is 1.14. The summed E-state index contributed by atoms with van der Waals surface area (Å²) in [4.78, 5) is 34.3. The molecule has 1 saturated carbocycles. The number of hydrogen-bond acceptors (Lipinski definition) is 9. The van der Waals surface area contributed by atoms with E-state index in [2.05, 4.69) is 41.9 Å². The predicted molar refractivity (Wildman–Crippen MR) is 153 cm³/mol. The van der Waals surface area contributed by atoms with E-state index >= 15 is 0 Å². The van der Waals surface area contributed by atoms with Gasteiger partial charge in [-0.05, 0) is 44.4 Å². The van der Waals surface area contributed by atoms with Crippen molar-refractivity contribution in [2.75, 3.05) is 61.9 Å². The van der Waals surface area contributed by atoms with E-state index in [-0.39, 0.29) is 5.92 Å². The average molecular weight is 534 g/mol. The molecule has 2 aromatic heterocycles. The van der Waals surface area contributed by atoms with Gasteiger partial charge in [-0.2, -0.15) is 9.97 Å². The Morgan fingerprint density at radius 3 is 2.67 bits per heavy atom. The summed E-state index contributed by atoms with van der Waals surface area (Å²) in [5.41, 5.74) is 3.32. The number of rotatable bonds is 7. The summed E-state index contributed by atoms with van der Waals surface area (Å²) in [6.45, 7) is 4.92.